The smallest absolute Gasteiger partial charge is 0.244 e. The van der Waals surface area contributed by atoms with E-state index in [9.17, 15) is 19.6 Å². The van der Waals surface area contributed by atoms with Crippen molar-refractivity contribution >= 4 is 17.7 Å². The highest BCUT2D eigenvalue weighted by atomic mass is 16.2. The third-order valence-electron chi connectivity index (χ3n) is 6.63. The highest BCUT2D eigenvalue weighted by Gasteiger charge is 2.69. The average molecular weight is 389 g/mol. The SMILES string of the molecule is CC(C)(C)CC(=O)N1CC2[C@@H]([C@H]1C(=O)N[C@H](C#N)C[C@@H]1CCNC1=O)C2(C)C. The van der Waals surface area contributed by atoms with Gasteiger partial charge in [-0.15, -0.1) is 0 Å². The fourth-order valence-corrected chi connectivity index (χ4v) is 4.95. The summed E-state index contributed by atoms with van der Waals surface area (Å²) in [4.78, 5) is 39.5. The Hall–Kier alpha value is -2.10. The molecule has 154 valence electrons. The van der Waals surface area contributed by atoms with Crippen LogP contribution in [0.2, 0.25) is 0 Å². The number of hydrogen-bond acceptors (Lipinski definition) is 4. The van der Waals surface area contributed by atoms with Gasteiger partial charge in [0.1, 0.15) is 12.1 Å². The predicted octanol–water partition coefficient (Wildman–Crippen LogP) is 1.44. The van der Waals surface area contributed by atoms with Crippen LogP contribution in [0.25, 0.3) is 0 Å². The standard InChI is InChI=1S/C21H32N4O3/c1-20(2,3)9-15(26)25-11-14-16(21(14,4)5)17(25)19(28)24-13(10-22)8-12-6-7-23-18(12)27/h12-14,16-17H,6-9,11H2,1-5H3,(H,23,27)(H,24,28)/t12-,13-,14?,16-,17-/m0/s1. The zero-order chi connectivity index (χ0) is 20.9. The van der Waals surface area contributed by atoms with Crippen LogP contribution in [-0.2, 0) is 14.4 Å². The van der Waals surface area contributed by atoms with E-state index in [1.54, 1.807) is 4.90 Å². The molecule has 0 aromatic carbocycles. The second kappa shape index (κ2) is 7.06. The van der Waals surface area contributed by atoms with Gasteiger partial charge in [0.15, 0.2) is 0 Å². The Balaban J connectivity index is 1.70. The van der Waals surface area contributed by atoms with Gasteiger partial charge in [-0.2, -0.15) is 5.26 Å². The Morgan fingerprint density at radius 1 is 1.39 bits per heavy atom. The monoisotopic (exact) mass is 388 g/mol. The topological polar surface area (TPSA) is 102 Å². The van der Waals surface area contributed by atoms with Crippen LogP contribution in [0.3, 0.4) is 0 Å². The lowest BCUT2D eigenvalue weighted by molar-refractivity contribution is -0.141. The van der Waals surface area contributed by atoms with Crippen LogP contribution in [0.4, 0.5) is 0 Å². The molecule has 0 bridgehead atoms. The van der Waals surface area contributed by atoms with Gasteiger partial charge in [-0.3, -0.25) is 14.4 Å². The molecule has 0 aromatic heterocycles. The molecule has 7 heteroatoms. The van der Waals surface area contributed by atoms with Crippen LogP contribution in [0.5, 0.6) is 0 Å². The highest BCUT2D eigenvalue weighted by molar-refractivity contribution is 5.90. The van der Waals surface area contributed by atoms with Gasteiger partial charge in [0.05, 0.1) is 6.07 Å². The average Bonchev–Trinajstić information content (AvgIpc) is 2.97. The first-order chi connectivity index (χ1) is 13.0. The fourth-order valence-electron chi connectivity index (χ4n) is 4.95. The van der Waals surface area contributed by atoms with Crippen molar-refractivity contribution in [2.24, 2.45) is 28.6 Å². The van der Waals surface area contributed by atoms with E-state index in [1.807, 2.05) is 20.8 Å². The van der Waals surface area contributed by atoms with E-state index in [2.05, 4.69) is 30.6 Å². The van der Waals surface area contributed by atoms with E-state index < -0.39 is 12.1 Å². The normalized spacial score (nSPS) is 31.6. The van der Waals surface area contributed by atoms with E-state index in [4.69, 9.17) is 0 Å². The van der Waals surface area contributed by atoms with Gasteiger partial charge in [-0.1, -0.05) is 34.6 Å². The zero-order valence-electron chi connectivity index (χ0n) is 17.5. The summed E-state index contributed by atoms with van der Waals surface area (Å²) in [6.45, 7) is 11.5. The molecule has 2 aliphatic heterocycles. The van der Waals surface area contributed by atoms with Crippen LogP contribution >= 0.6 is 0 Å². The molecule has 1 saturated carbocycles. The van der Waals surface area contributed by atoms with Gasteiger partial charge in [0.2, 0.25) is 17.7 Å². The second-order valence-corrected chi connectivity index (χ2v) is 10.4. The largest absolute Gasteiger partial charge is 0.356 e. The van der Waals surface area contributed by atoms with Gasteiger partial charge >= 0.3 is 0 Å². The molecule has 2 heterocycles. The van der Waals surface area contributed by atoms with E-state index in [0.29, 0.717) is 38.3 Å². The van der Waals surface area contributed by atoms with Crippen LogP contribution in [0.1, 0.15) is 53.9 Å². The maximum Gasteiger partial charge on any atom is 0.244 e. The Labute approximate surface area is 167 Å². The molecule has 28 heavy (non-hydrogen) atoms. The molecule has 5 atom stereocenters. The maximum atomic E-state index is 13.1. The molecule has 0 radical (unpaired) electrons. The van der Waals surface area contributed by atoms with Crippen molar-refractivity contribution in [3.63, 3.8) is 0 Å². The number of amides is 3. The minimum absolute atomic E-state index is 0.000622. The van der Waals surface area contributed by atoms with E-state index in [0.717, 1.165) is 0 Å². The molecule has 3 rings (SSSR count). The first-order valence-corrected chi connectivity index (χ1v) is 10.2. The quantitative estimate of drug-likeness (QED) is 0.744. The van der Waals surface area contributed by atoms with Crippen molar-refractivity contribution in [1.82, 2.24) is 15.5 Å². The molecular formula is C21H32N4O3. The maximum absolute atomic E-state index is 13.1. The zero-order valence-corrected chi connectivity index (χ0v) is 17.5. The van der Waals surface area contributed by atoms with Crippen molar-refractivity contribution in [2.45, 2.75) is 66.0 Å². The molecule has 3 fully saturated rings. The number of likely N-dealkylation sites (tertiary alicyclic amines) is 1. The Morgan fingerprint density at radius 3 is 2.61 bits per heavy atom. The Kier molecular flexibility index (Phi) is 5.20. The highest BCUT2D eigenvalue weighted by Crippen LogP contribution is 2.65. The number of carbonyl (C=O) groups is 3. The molecular weight excluding hydrogens is 356 g/mol. The first-order valence-electron chi connectivity index (χ1n) is 10.2. The van der Waals surface area contributed by atoms with Crippen molar-refractivity contribution < 1.29 is 14.4 Å². The molecule has 0 spiro atoms. The van der Waals surface area contributed by atoms with Gasteiger partial charge < -0.3 is 15.5 Å². The Morgan fingerprint density at radius 2 is 2.07 bits per heavy atom. The number of rotatable bonds is 5. The number of fused-ring (bicyclic) bond motifs is 1. The predicted molar refractivity (Wildman–Crippen MR) is 104 cm³/mol. The minimum atomic E-state index is -0.721. The summed E-state index contributed by atoms with van der Waals surface area (Å²) in [6.07, 6.45) is 1.39. The van der Waals surface area contributed by atoms with Crippen LogP contribution < -0.4 is 10.6 Å². The number of nitrogens with one attached hydrogen (secondary N) is 2. The summed E-state index contributed by atoms with van der Waals surface area (Å²) in [6, 6.07) is 0.875. The lowest BCUT2D eigenvalue weighted by Gasteiger charge is -2.32. The third kappa shape index (κ3) is 3.87. The van der Waals surface area contributed by atoms with Gasteiger partial charge in [0.25, 0.3) is 0 Å². The molecule has 3 amide bonds. The molecule has 1 aliphatic carbocycles. The second-order valence-electron chi connectivity index (χ2n) is 10.4. The molecule has 7 nitrogen and oxygen atoms in total. The number of carbonyl (C=O) groups excluding carboxylic acids is 3. The lowest BCUT2D eigenvalue weighted by Crippen LogP contribution is -2.52. The molecule has 2 N–H and O–H groups in total. The number of nitrogens with zero attached hydrogens (tertiary/aromatic N) is 2. The van der Waals surface area contributed by atoms with Gasteiger partial charge in [-0.25, -0.2) is 0 Å². The Bertz CT molecular complexity index is 718. The lowest BCUT2D eigenvalue weighted by atomic mass is 9.90. The number of hydrogen-bond donors (Lipinski definition) is 2. The summed E-state index contributed by atoms with van der Waals surface area (Å²) in [5.74, 6) is -0.0959. The van der Waals surface area contributed by atoms with Crippen LogP contribution in [0, 0.1) is 39.9 Å². The van der Waals surface area contributed by atoms with Crippen LogP contribution in [0.15, 0.2) is 0 Å². The molecule has 3 aliphatic rings. The number of piperidine rings is 1. The van der Waals surface area contributed by atoms with Crippen molar-refractivity contribution in [2.75, 3.05) is 13.1 Å². The van der Waals surface area contributed by atoms with Gasteiger partial charge in [-0.05, 0) is 35.5 Å². The minimum Gasteiger partial charge on any atom is -0.356 e. The van der Waals surface area contributed by atoms with Crippen molar-refractivity contribution in [3.05, 3.63) is 0 Å². The van der Waals surface area contributed by atoms with E-state index in [-0.39, 0.29) is 40.4 Å². The fraction of sp³-hybridized carbons (Fsp3) is 0.810. The van der Waals surface area contributed by atoms with E-state index in [1.165, 1.54) is 0 Å². The molecule has 0 aromatic rings. The summed E-state index contributed by atoms with van der Waals surface area (Å²) in [5, 5.41) is 15.1. The summed E-state index contributed by atoms with van der Waals surface area (Å²) < 4.78 is 0. The third-order valence-corrected chi connectivity index (χ3v) is 6.63. The number of nitriles is 1. The van der Waals surface area contributed by atoms with Gasteiger partial charge in [0, 0.05) is 25.4 Å². The van der Waals surface area contributed by atoms with E-state index >= 15 is 0 Å². The van der Waals surface area contributed by atoms with Crippen molar-refractivity contribution in [3.8, 4) is 6.07 Å². The summed E-state index contributed by atoms with van der Waals surface area (Å²) in [5.41, 5.74) is -0.112. The van der Waals surface area contributed by atoms with Crippen molar-refractivity contribution in [1.29, 1.82) is 5.26 Å². The van der Waals surface area contributed by atoms with Crippen LogP contribution in [-0.4, -0.2) is 47.8 Å². The molecule has 2 saturated heterocycles. The first kappa shape index (κ1) is 20.6. The summed E-state index contributed by atoms with van der Waals surface area (Å²) in [7, 11) is 0. The molecule has 1 unspecified atom stereocenters. The summed E-state index contributed by atoms with van der Waals surface area (Å²) >= 11 is 0.